The first-order valence-corrected chi connectivity index (χ1v) is 8.45. The molecule has 1 N–H and O–H groups in total. The van der Waals surface area contributed by atoms with Gasteiger partial charge in [-0.05, 0) is 17.9 Å². The third-order valence-electron chi connectivity index (χ3n) is 4.81. The predicted octanol–water partition coefficient (Wildman–Crippen LogP) is 1.10. The maximum atomic E-state index is 12.2. The number of rotatable bonds is 5. The van der Waals surface area contributed by atoms with Gasteiger partial charge in [-0.3, -0.25) is 14.5 Å². The first-order valence-electron chi connectivity index (χ1n) is 8.45. The number of hydrogen-bond donors (Lipinski definition) is 1. The molecule has 1 heterocycles. The number of benzene rings is 1. The monoisotopic (exact) mass is 315 g/mol. The normalized spacial score (nSPS) is 24.3. The van der Waals surface area contributed by atoms with Crippen molar-refractivity contribution in [3.05, 3.63) is 35.9 Å². The quantitative estimate of drug-likeness (QED) is 0.885. The zero-order chi connectivity index (χ0) is 16.2. The SMILES string of the molecule is C[C@@H]1C[C@@H]1C(=O)N1CCN(CC(=O)NCc2ccccc2)CC1. The first-order chi connectivity index (χ1) is 11.1. The van der Waals surface area contributed by atoms with Crippen LogP contribution in [0.25, 0.3) is 0 Å². The lowest BCUT2D eigenvalue weighted by Gasteiger charge is -2.34. The fourth-order valence-corrected chi connectivity index (χ4v) is 3.08. The highest BCUT2D eigenvalue weighted by Crippen LogP contribution is 2.39. The van der Waals surface area contributed by atoms with Gasteiger partial charge in [-0.25, -0.2) is 0 Å². The van der Waals surface area contributed by atoms with Crippen LogP contribution in [0.15, 0.2) is 30.3 Å². The number of amides is 2. The largest absolute Gasteiger partial charge is 0.351 e. The smallest absolute Gasteiger partial charge is 0.234 e. The van der Waals surface area contributed by atoms with Gasteiger partial charge < -0.3 is 10.2 Å². The zero-order valence-corrected chi connectivity index (χ0v) is 13.7. The Morgan fingerprint density at radius 2 is 1.78 bits per heavy atom. The molecule has 1 aromatic rings. The molecule has 1 aliphatic carbocycles. The highest BCUT2D eigenvalue weighted by molar-refractivity contribution is 5.82. The molecule has 5 nitrogen and oxygen atoms in total. The van der Waals surface area contributed by atoms with Crippen molar-refractivity contribution in [1.29, 1.82) is 0 Å². The summed E-state index contributed by atoms with van der Waals surface area (Å²) >= 11 is 0. The molecule has 0 aromatic heterocycles. The molecule has 0 bridgehead atoms. The maximum absolute atomic E-state index is 12.2. The third-order valence-corrected chi connectivity index (χ3v) is 4.81. The summed E-state index contributed by atoms with van der Waals surface area (Å²) < 4.78 is 0. The van der Waals surface area contributed by atoms with Crippen molar-refractivity contribution in [2.45, 2.75) is 19.9 Å². The number of piperazine rings is 1. The zero-order valence-electron chi connectivity index (χ0n) is 13.7. The van der Waals surface area contributed by atoms with Crippen LogP contribution in [0.1, 0.15) is 18.9 Å². The lowest BCUT2D eigenvalue weighted by molar-refractivity contribution is -0.134. The topological polar surface area (TPSA) is 52.7 Å². The standard InChI is InChI=1S/C18H25N3O2/c1-14-11-16(14)18(23)21-9-7-20(8-10-21)13-17(22)19-12-15-5-3-2-4-6-15/h2-6,14,16H,7-13H2,1H3,(H,19,22)/t14-,16+/m1/s1. The van der Waals surface area contributed by atoms with Crippen LogP contribution in [0, 0.1) is 11.8 Å². The molecule has 2 amide bonds. The molecule has 1 aliphatic heterocycles. The fraction of sp³-hybridized carbons (Fsp3) is 0.556. The van der Waals surface area contributed by atoms with Gasteiger partial charge in [0.2, 0.25) is 11.8 Å². The fourth-order valence-electron chi connectivity index (χ4n) is 3.08. The van der Waals surface area contributed by atoms with E-state index < -0.39 is 0 Å². The number of nitrogens with zero attached hydrogens (tertiary/aromatic N) is 2. The molecule has 124 valence electrons. The van der Waals surface area contributed by atoms with Gasteiger partial charge in [0.05, 0.1) is 6.54 Å². The molecule has 1 saturated carbocycles. The van der Waals surface area contributed by atoms with E-state index in [-0.39, 0.29) is 11.8 Å². The molecule has 23 heavy (non-hydrogen) atoms. The number of hydrogen-bond acceptors (Lipinski definition) is 3. The van der Waals surface area contributed by atoms with Crippen LogP contribution in [0.4, 0.5) is 0 Å². The van der Waals surface area contributed by atoms with E-state index in [1.165, 1.54) is 0 Å². The minimum atomic E-state index is 0.0458. The lowest BCUT2D eigenvalue weighted by Crippen LogP contribution is -2.51. The second-order valence-electron chi connectivity index (χ2n) is 6.68. The summed E-state index contributed by atoms with van der Waals surface area (Å²) in [7, 11) is 0. The predicted molar refractivity (Wildman–Crippen MR) is 88.6 cm³/mol. The van der Waals surface area contributed by atoms with Gasteiger partial charge in [0, 0.05) is 38.6 Å². The van der Waals surface area contributed by atoms with Crippen molar-refractivity contribution in [3.8, 4) is 0 Å². The Hall–Kier alpha value is -1.88. The Kier molecular flexibility index (Phi) is 4.96. The minimum Gasteiger partial charge on any atom is -0.351 e. The van der Waals surface area contributed by atoms with Gasteiger partial charge in [-0.15, -0.1) is 0 Å². The Bertz CT molecular complexity index is 553. The molecule has 2 aliphatic rings. The van der Waals surface area contributed by atoms with Crippen LogP contribution in [-0.4, -0.2) is 54.3 Å². The summed E-state index contributed by atoms with van der Waals surface area (Å²) in [5.74, 6) is 1.18. The van der Waals surface area contributed by atoms with E-state index >= 15 is 0 Å². The Morgan fingerprint density at radius 3 is 2.39 bits per heavy atom. The van der Waals surface area contributed by atoms with Crippen molar-refractivity contribution >= 4 is 11.8 Å². The molecule has 1 aromatic carbocycles. The number of nitrogens with one attached hydrogen (secondary N) is 1. The van der Waals surface area contributed by atoms with E-state index in [9.17, 15) is 9.59 Å². The van der Waals surface area contributed by atoms with Gasteiger partial charge in [0.25, 0.3) is 0 Å². The van der Waals surface area contributed by atoms with Crippen LogP contribution in [-0.2, 0) is 16.1 Å². The molecule has 5 heteroatoms. The summed E-state index contributed by atoms with van der Waals surface area (Å²) in [5, 5.41) is 2.95. The van der Waals surface area contributed by atoms with Crippen LogP contribution >= 0.6 is 0 Å². The summed E-state index contributed by atoms with van der Waals surface area (Å²) in [6.45, 7) is 6.17. The van der Waals surface area contributed by atoms with Gasteiger partial charge in [0.15, 0.2) is 0 Å². The summed E-state index contributed by atoms with van der Waals surface area (Å²) in [6.07, 6.45) is 1.04. The number of carbonyl (C=O) groups is 2. The van der Waals surface area contributed by atoms with E-state index in [0.29, 0.717) is 24.9 Å². The average molecular weight is 315 g/mol. The van der Waals surface area contributed by atoms with Crippen LogP contribution in [0.5, 0.6) is 0 Å². The summed E-state index contributed by atoms with van der Waals surface area (Å²) in [4.78, 5) is 28.3. The van der Waals surface area contributed by atoms with E-state index in [1.807, 2.05) is 35.2 Å². The lowest BCUT2D eigenvalue weighted by atomic mass is 10.2. The van der Waals surface area contributed by atoms with E-state index in [0.717, 1.165) is 38.2 Å². The van der Waals surface area contributed by atoms with Crippen molar-refractivity contribution in [1.82, 2.24) is 15.1 Å². The molecular formula is C18H25N3O2. The second-order valence-corrected chi connectivity index (χ2v) is 6.68. The maximum Gasteiger partial charge on any atom is 0.234 e. The van der Waals surface area contributed by atoms with E-state index in [2.05, 4.69) is 17.1 Å². The Labute approximate surface area is 137 Å². The van der Waals surface area contributed by atoms with Crippen molar-refractivity contribution < 1.29 is 9.59 Å². The minimum absolute atomic E-state index is 0.0458. The first kappa shape index (κ1) is 16.0. The second kappa shape index (κ2) is 7.13. The van der Waals surface area contributed by atoms with Gasteiger partial charge in [-0.2, -0.15) is 0 Å². The molecule has 2 atom stereocenters. The van der Waals surface area contributed by atoms with Crippen molar-refractivity contribution in [2.75, 3.05) is 32.7 Å². The van der Waals surface area contributed by atoms with E-state index in [1.54, 1.807) is 0 Å². The highest BCUT2D eigenvalue weighted by atomic mass is 16.2. The highest BCUT2D eigenvalue weighted by Gasteiger charge is 2.41. The average Bonchev–Trinajstić information content (AvgIpc) is 3.31. The van der Waals surface area contributed by atoms with Gasteiger partial charge in [0.1, 0.15) is 0 Å². The van der Waals surface area contributed by atoms with Gasteiger partial charge in [-0.1, -0.05) is 37.3 Å². The Balaban J connectivity index is 1.37. The summed E-state index contributed by atoms with van der Waals surface area (Å²) in [6, 6.07) is 9.92. The van der Waals surface area contributed by atoms with Crippen molar-refractivity contribution in [2.24, 2.45) is 11.8 Å². The van der Waals surface area contributed by atoms with Crippen molar-refractivity contribution in [3.63, 3.8) is 0 Å². The molecule has 0 radical (unpaired) electrons. The Morgan fingerprint density at radius 1 is 1.13 bits per heavy atom. The third kappa shape index (κ3) is 4.32. The van der Waals surface area contributed by atoms with Crippen LogP contribution in [0.3, 0.4) is 0 Å². The van der Waals surface area contributed by atoms with Crippen LogP contribution < -0.4 is 5.32 Å². The van der Waals surface area contributed by atoms with Gasteiger partial charge >= 0.3 is 0 Å². The molecule has 0 spiro atoms. The summed E-state index contributed by atoms with van der Waals surface area (Å²) in [5.41, 5.74) is 1.11. The van der Waals surface area contributed by atoms with Crippen LogP contribution in [0.2, 0.25) is 0 Å². The molecule has 0 unspecified atom stereocenters. The molecular weight excluding hydrogens is 290 g/mol. The molecule has 3 rings (SSSR count). The molecule has 2 fully saturated rings. The molecule has 1 saturated heterocycles. The number of carbonyl (C=O) groups excluding carboxylic acids is 2. The van der Waals surface area contributed by atoms with E-state index in [4.69, 9.17) is 0 Å².